The molecule has 0 saturated heterocycles. The minimum atomic E-state index is -0.817. The smallest absolute Gasteiger partial charge is 0.304 e. The molecule has 4 nitrogen and oxygen atoms in total. The van der Waals surface area contributed by atoms with Gasteiger partial charge in [-0.25, -0.2) is 0 Å². The normalized spacial score (nSPS) is 18.1. The molecular formula is C11H12O4. The molecule has 0 aliphatic carbocycles. The first-order valence-electron chi connectivity index (χ1n) is 4.74. The molecule has 1 aromatic carbocycles. The lowest BCUT2D eigenvalue weighted by Crippen LogP contribution is -2.08. The zero-order valence-corrected chi connectivity index (χ0v) is 8.40. The van der Waals surface area contributed by atoms with E-state index in [0.29, 0.717) is 12.4 Å². The Morgan fingerprint density at radius 3 is 3.13 bits per heavy atom. The molecule has 80 valence electrons. The van der Waals surface area contributed by atoms with Gasteiger partial charge in [0.2, 0.25) is 0 Å². The summed E-state index contributed by atoms with van der Waals surface area (Å²) < 4.78 is 10.6. The maximum absolute atomic E-state index is 10.7. The number of ether oxygens (including phenoxy) is 2. The standard InChI is InChI=1S/C11H12O4/c1-14-8-3-2-4-9-11(8)7(6-15-9)5-10(12)13/h2-4,7H,5-6H2,1H3,(H,12,13). The first-order chi connectivity index (χ1) is 7.22. The van der Waals surface area contributed by atoms with Crippen LogP contribution in [-0.4, -0.2) is 24.8 Å². The summed E-state index contributed by atoms with van der Waals surface area (Å²) in [6.07, 6.45) is 0.0768. The van der Waals surface area contributed by atoms with Gasteiger partial charge in [0.15, 0.2) is 0 Å². The van der Waals surface area contributed by atoms with E-state index in [1.807, 2.05) is 18.2 Å². The van der Waals surface area contributed by atoms with Gasteiger partial charge in [-0.15, -0.1) is 0 Å². The molecule has 0 aromatic heterocycles. The highest BCUT2D eigenvalue weighted by Gasteiger charge is 2.29. The first-order valence-corrected chi connectivity index (χ1v) is 4.74. The number of methoxy groups -OCH3 is 1. The van der Waals surface area contributed by atoms with Crippen molar-refractivity contribution in [2.24, 2.45) is 0 Å². The molecule has 0 amide bonds. The van der Waals surface area contributed by atoms with Crippen molar-refractivity contribution in [1.82, 2.24) is 0 Å². The van der Waals surface area contributed by atoms with E-state index in [1.165, 1.54) is 0 Å². The summed E-state index contributed by atoms with van der Waals surface area (Å²) in [5.74, 6) is 0.521. The second kappa shape index (κ2) is 3.81. The molecule has 1 unspecified atom stereocenters. The maximum Gasteiger partial charge on any atom is 0.304 e. The molecule has 1 N–H and O–H groups in total. The number of fused-ring (bicyclic) bond motifs is 1. The van der Waals surface area contributed by atoms with E-state index in [1.54, 1.807) is 7.11 Å². The van der Waals surface area contributed by atoms with E-state index in [4.69, 9.17) is 14.6 Å². The van der Waals surface area contributed by atoms with E-state index in [-0.39, 0.29) is 12.3 Å². The third-order valence-corrected chi connectivity index (χ3v) is 2.52. The lowest BCUT2D eigenvalue weighted by Gasteiger charge is -2.09. The van der Waals surface area contributed by atoms with E-state index >= 15 is 0 Å². The second-order valence-electron chi connectivity index (χ2n) is 3.48. The molecule has 1 aliphatic heterocycles. The number of carboxylic acid groups (broad SMARTS) is 1. The van der Waals surface area contributed by atoms with Crippen LogP contribution in [0.1, 0.15) is 17.9 Å². The number of carbonyl (C=O) groups is 1. The Kier molecular flexibility index (Phi) is 2.49. The zero-order valence-electron chi connectivity index (χ0n) is 8.40. The van der Waals surface area contributed by atoms with E-state index in [2.05, 4.69) is 0 Å². The van der Waals surface area contributed by atoms with Gasteiger partial charge < -0.3 is 14.6 Å². The Morgan fingerprint density at radius 1 is 1.67 bits per heavy atom. The zero-order chi connectivity index (χ0) is 10.8. The lowest BCUT2D eigenvalue weighted by molar-refractivity contribution is -0.137. The fourth-order valence-corrected chi connectivity index (χ4v) is 1.88. The van der Waals surface area contributed by atoms with Gasteiger partial charge in [0.1, 0.15) is 11.5 Å². The summed E-state index contributed by atoms with van der Waals surface area (Å²) >= 11 is 0. The summed E-state index contributed by atoms with van der Waals surface area (Å²) in [6, 6.07) is 5.49. The van der Waals surface area contributed by atoms with Crippen molar-refractivity contribution in [3.63, 3.8) is 0 Å². The van der Waals surface area contributed by atoms with Crippen molar-refractivity contribution in [3.8, 4) is 11.5 Å². The molecule has 1 aromatic rings. The molecular weight excluding hydrogens is 196 g/mol. The van der Waals surface area contributed by atoms with Crippen LogP contribution in [-0.2, 0) is 4.79 Å². The van der Waals surface area contributed by atoms with E-state index < -0.39 is 5.97 Å². The molecule has 15 heavy (non-hydrogen) atoms. The quantitative estimate of drug-likeness (QED) is 0.820. The van der Waals surface area contributed by atoms with Crippen LogP contribution in [0.3, 0.4) is 0 Å². The molecule has 0 bridgehead atoms. The van der Waals surface area contributed by atoms with Crippen molar-refractivity contribution in [2.75, 3.05) is 13.7 Å². The van der Waals surface area contributed by atoms with Crippen LogP contribution in [0.2, 0.25) is 0 Å². The third kappa shape index (κ3) is 1.75. The van der Waals surface area contributed by atoms with Crippen molar-refractivity contribution < 1.29 is 19.4 Å². The van der Waals surface area contributed by atoms with Gasteiger partial charge >= 0.3 is 5.97 Å². The highest BCUT2D eigenvalue weighted by Crippen LogP contribution is 2.41. The van der Waals surface area contributed by atoms with E-state index in [0.717, 1.165) is 11.3 Å². The van der Waals surface area contributed by atoms with Crippen LogP contribution in [0.25, 0.3) is 0 Å². The van der Waals surface area contributed by atoms with Gasteiger partial charge in [0.05, 0.1) is 20.1 Å². The molecule has 1 heterocycles. The van der Waals surface area contributed by atoms with Crippen LogP contribution < -0.4 is 9.47 Å². The molecule has 2 rings (SSSR count). The maximum atomic E-state index is 10.7. The number of hydrogen-bond donors (Lipinski definition) is 1. The Labute approximate surface area is 87.4 Å². The van der Waals surface area contributed by atoms with E-state index in [9.17, 15) is 4.79 Å². The van der Waals surface area contributed by atoms with Crippen LogP contribution in [0.5, 0.6) is 11.5 Å². The fraction of sp³-hybridized carbons (Fsp3) is 0.364. The Hall–Kier alpha value is -1.71. The average Bonchev–Trinajstić information content (AvgIpc) is 2.61. The number of carboxylic acids is 1. The predicted molar refractivity (Wildman–Crippen MR) is 53.5 cm³/mol. The van der Waals surface area contributed by atoms with Gasteiger partial charge in [-0.3, -0.25) is 4.79 Å². The molecule has 0 saturated carbocycles. The van der Waals surface area contributed by atoms with Crippen LogP contribution in [0, 0.1) is 0 Å². The summed E-state index contributed by atoms with van der Waals surface area (Å²) in [7, 11) is 1.58. The highest BCUT2D eigenvalue weighted by atomic mass is 16.5. The van der Waals surface area contributed by atoms with Gasteiger partial charge in [0.25, 0.3) is 0 Å². The molecule has 0 radical (unpaired) electrons. The average molecular weight is 208 g/mol. The third-order valence-electron chi connectivity index (χ3n) is 2.52. The molecule has 1 atom stereocenters. The van der Waals surface area contributed by atoms with Crippen LogP contribution in [0.15, 0.2) is 18.2 Å². The van der Waals surface area contributed by atoms with Crippen molar-refractivity contribution in [2.45, 2.75) is 12.3 Å². The number of aliphatic carboxylic acids is 1. The largest absolute Gasteiger partial charge is 0.496 e. The van der Waals surface area contributed by atoms with Gasteiger partial charge in [-0.1, -0.05) is 6.07 Å². The monoisotopic (exact) mass is 208 g/mol. The first kappa shape index (κ1) is 9.83. The van der Waals surface area contributed by atoms with Gasteiger partial charge in [-0.2, -0.15) is 0 Å². The fourth-order valence-electron chi connectivity index (χ4n) is 1.88. The second-order valence-corrected chi connectivity index (χ2v) is 3.48. The Morgan fingerprint density at radius 2 is 2.47 bits per heavy atom. The Bertz CT molecular complexity index is 386. The van der Waals surface area contributed by atoms with Crippen LogP contribution >= 0.6 is 0 Å². The minimum absolute atomic E-state index is 0.0768. The number of hydrogen-bond acceptors (Lipinski definition) is 3. The topological polar surface area (TPSA) is 55.8 Å². The molecule has 4 heteroatoms. The van der Waals surface area contributed by atoms with Gasteiger partial charge in [0, 0.05) is 11.5 Å². The van der Waals surface area contributed by atoms with Gasteiger partial charge in [-0.05, 0) is 12.1 Å². The highest BCUT2D eigenvalue weighted by molar-refractivity contribution is 5.69. The number of benzene rings is 1. The van der Waals surface area contributed by atoms with Crippen molar-refractivity contribution in [3.05, 3.63) is 23.8 Å². The van der Waals surface area contributed by atoms with Crippen molar-refractivity contribution in [1.29, 1.82) is 0 Å². The Balaban J connectivity index is 2.35. The lowest BCUT2D eigenvalue weighted by atomic mass is 9.97. The number of rotatable bonds is 3. The van der Waals surface area contributed by atoms with Crippen molar-refractivity contribution >= 4 is 5.97 Å². The summed E-state index contributed by atoms with van der Waals surface area (Å²) in [5, 5.41) is 8.77. The summed E-state index contributed by atoms with van der Waals surface area (Å²) in [4.78, 5) is 10.7. The minimum Gasteiger partial charge on any atom is -0.496 e. The summed E-state index contributed by atoms with van der Waals surface area (Å²) in [5.41, 5.74) is 0.877. The van der Waals surface area contributed by atoms with Crippen LogP contribution in [0.4, 0.5) is 0 Å². The molecule has 0 spiro atoms. The summed E-state index contributed by atoms with van der Waals surface area (Å²) in [6.45, 7) is 0.419. The predicted octanol–water partition coefficient (Wildman–Crippen LogP) is 1.65. The molecule has 0 fully saturated rings. The molecule has 1 aliphatic rings. The SMILES string of the molecule is COc1cccc2c1C(CC(=O)O)CO2.